The zero-order valence-electron chi connectivity index (χ0n) is 8.45. The molecule has 0 atom stereocenters. The molecule has 1 rings (SSSR count). The zero-order chi connectivity index (χ0) is 11.3. The van der Waals surface area contributed by atoms with Crippen molar-refractivity contribution in [1.29, 1.82) is 5.26 Å². The van der Waals surface area contributed by atoms with Gasteiger partial charge >= 0.3 is 0 Å². The van der Waals surface area contributed by atoms with Crippen LogP contribution in [0, 0.1) is 11.3 Å². The molecule has 1 aromatic heterocycles. The number of rotatable bonds is 3. The molecule has 0 aromatic carbocycles. The lowest BCUT2D eigenvalue weighted by molar-refractivity contribution is 0.0952. The number of pyridine rings is 1. The van der Waals surface area contributed by atoms with Gasteiger partial charge in [0.05, 0.1) is 5.56 Å². The van der Waals surface area contributed by atoms with Gasteiger partial charge in [-0.2, -0.15) is 5.26 Å². The van der Waals surface area contributed by atoms with Crippen LogP contribution < -0.4 is 5.32 Å². The van der Waals surface area contributed by atoms with Gasteiger partial charge in [0, 0.05) is 12.7 Å². The molecule has 76 valence electrons. The molecule has 1 heterocycles. The van der Waals surface area contributed by atoms with E-state index in [0.717, 1.165) is 5.57 Å². The summed E-state index contributed by atoms with van der Waals surface area (Å²) in [5.41, 5.74) is 1.61. The number of nitrogens with zero attached hydrogens (tertiary/aromatic N) is 2. The fraction of sp³-hybridized carbons (Fsp3) is 0.182. The second kappa shape index (κ2) is 4.91. The van der Waals surface area contributed by atoms with Crippen molar-refractivity contribution in [1.82, 2.24) is 10.3 Å². The second-order valence-electron chi connectivity index (χ2n) is 3.18. The van der Waals surface area contributed by atoms with Crippen LogP contribution in [0.25, 0.3) is 0 Å². The first-order valence-corrected chi connectivity index (χ1v) is 4.42. The van der Waals surface area contributed by atoms with Crippen LogP contribution in [0.3, 0.4) is 0 Å². The smallest absolute Gasteiger partial charge is 0.270 e. The van der Waals surface area contributed by atoms with E-state index in [2.05, 4.69) is 16.9 Å². The SMILES string of the molecule is C=C(C)CNC(=O)c1ccc(C#N)cn1. The summed E-state index contributed by atoms with van der Waals surface area (Å²) in [6.45, 7) is 5.93. The molecular formula is C11H11N3O. The Morgan fingerprint density at radius 3 is 2.87 bits per heavy atom. The molecule has 0 radical (unpaired) electrons. The lowest BCUT2D eigenvalue weighted by Crippen LogP contribution is -2.25. The predicted molar refractivity (Wildman–Crippen MR) is 56.1 cm³/mol. The van der Waals surface area contributed by atoms with Crippen molar-refractivity contribution in [3.63, 3.8) is 0 Å². The summed E-state index contributed by atoms with van der Waals surface area (Å²) >= 11 is 0. The van der Waals surface area contributed by atoms with E-state index < -0.39 is 0 Å². The molecule has 0 aliphatic heterocycles. The van der Waals surface area contributed by atoms with Crippen molar-refractivity contribution in [2.75, 3.05) is 6.54 Å². The average molecular weight is 201 g/mol. The molecule has 1 N–H and O–H groups in total. The molecule has 15 heavy (non-hydrogen) atoms. The van der Waals surface area contributed by atoms with Gasteiger partial charge in [0.25, 0.3) is 5.91 Å². The van der Waals surface area contributed by atoms with Crippen molar-refractivity contribution in [3.8, 4) is 6.07 Å². The van der Waals surface area contributed by atoms with Crippen molar-refractivity contribution in [2.24, 2.45) is 0 Å². The monoisotopic (exact) mass is 201 g/mol. The Kier molecular flexibility index (Phi) is 3.58. The average Bonchev–Trinajstić information content (AvgIpc) is 2.26. The van der Waals surface area contributed by atoms with Crippen LogP contribution in [-0.2, 0) is 0 Å². The fourth-order valence-electron chi connectivity index (χ4n) is 0.916. The molecular weight excluding hydrogens is 190 g/mol. The molecule has 1 amide bonds. The Hall–Kier alpha value is -2.15. The number of hydrogen-bond donors (Lipinski definition) is 1. The number of carbonyl (C=O) groups excluding carboxylic acids is 1. The number of amides is 1. The first-order valence-electron chi connectivity index (χ1n) is 4.42. The van der Waals surface area contributed by atoms with Gasteiger partial charge in [-0.1, -0.05) is 12.2 Å². The van der Waals surface area contributed by atoms with E-state index in [-0.39, 0.29) is 5.91 Å². The molecule has 0 spiro atoms. The Balaban J connectivity index is 2.67. The van der Waals surface area contributed by atoms with Gasteiger partial charge in [-0.05, 0) is 19.1 Å². The Morgan fingerprint density at radius 2 is 2.40 bits per heavy atom. The van der Waals surface area contributed by atoms with Gasteiger partial charge in [-0.25, -0.2) is 4.98 Å². The predicted octanol–water partition coefficient (Wildman–Crippen LogP) is 1.26. The topological polar surface area (TPSA) is 65.8 Å². The quantitative estimate of drug-likeness (QED) is 0.748. The highest BCUT2D eigenvalue weighted by Crippen LogP contribution is 1.98. The van der Waals surface area contributed by atoms with Crippen molar-refractivity contribution < 1.29 is 4.79 Å². The number of nitrogens with one attached hydrogen (secondary N) is 1. The molecule has 0 aliphatic rings. The van der Waals surface area contributed by atoms with Gasteiger partial charge in [-0.3, -0.25) is 4.79 Å². The normalized spacial score (nSPS) is 9.07. The molecule has 0 fully saturated rings. The molecule has 0 unspecified atom stereocenters. The summed E-state index contributed by atoms with van der Waals surface area (Å²) in [7, 11) is 0. The first-order chi connectivity index (χ1) is 7.13. The first kappa shape index (κ1) is 10.9. The highest BCUT2D eigenvalue weighted by Gasteiger charge is 2.05. The van der Waals surface area contributed by atoms with Crippen molar-refractivity contribution >= 4 is 5.91 Å². The number of nitriles is 1. The van der Waals surface area contributed by atoms with Crippen LogP contribution in [0.2, 0.25) is 0 Å². The van der Waals surface area contributed by atoms with E-state index in [1.54, 1.807) is 6.07 Å². The van der Waals surface area contributed by atoms with Crippen LogP contribution in [0.4, 0.5) is 0 Å². The Bertz CT molecular complexity index is 414. The molecule has 0 aliphatic carbocycles. The maximum atomic E-state index is 11.5. The zero-order valence-corrected chi connectivity index (χ0v) is 8.45. The van der Waals surface area contributed by atoms with E-state index >= 15 is 0 Å². The maximum Gasteiger partial charge on any atom is 0.270 e. The van der Waals surface area contributed by atoms with Crippen LogP contribution >= 0.6 is 0 Å². The van der Waals surface area contributed by atoms with Crippen LogP contribution in [0.5, 0.6) is 0 Å². The van der Waals surface area contributed by atoms with E-state index in [9.17, 15) is 4.79 Å². The molecule has 4 nitrogen and oxygen atoms in total. The van der Waals surface area contributed by atoms with E-state index in [4.69, 9.17) is 5.26 Å². The summed E-state index contributed by atoms with van der Waals surface area (Å²) in [5, 5.41) is 11.2. The van der Waals surface area contributed by atoms with Gasteiger partial charge < -0.3 is 5.32 Å². The van der Waals surface area contributed by atoms with Crippen molar-refractivity contribution in [2.45, 2.75) is 6.92 Å². The molecule has 0 saturated heterocycles. The highest BCUT2D eigenvalue weighted by molar-refractivity contribution is 5.92. The number of aromatic nitrogens is 1. The molecule has 0 bridgehead atoms. The summed E-state index contributed by atoms with van der Waals surface area (Å²) in [6, 6.07) is 5.01. The molecule has 0 saturated carbocycles. The lowest BCUT2D eigenvalue weighted by Gasteiger charge is -2.03. The van der Waals surface area contributed by atoms with Crippen LogP contribution in [0.15, 0.2) is 30.5 Å². The molecule has 4 heteroatoms. The Labute approximate surface area is 88.3 Å². The third-order valence-corrected chi connectivity index (χ3v) is 1.68. The third-order valence-electron chi connectivity index (χ3n) is 1.68. The second-order valence-corrected chi connectivity index (χ2v) is 3.18. The van der Waals surface area contributed by atoms with Gasteiger partial charge in [0.1, 0.15) is 11.8 Å². The Morgan fingerprint density at radius 1 is 1.67 bits per heavy atom. The minimum atomic E-state index is -0.262. The highest BCUT2D eigenvalue weighted by atomic mass is 16.1. The number of carbonyl (C=O) groups is 1. The summed E-state index contributed by atoms with van der Waals surface area (Å²) < 4.78 is 0. The third kappa shape index (κ3) is 3.24. The van der Waals surface area contributed by atoms with Crippen LogP contribution in [-0.4, -0.2) is 17.4 Å². The summed E-state index contributed by atoms with van der Waals surface area (Å²) in [4.78, 5) is 15.3. The van der Waals surface area contributed by atoms with E-state index in [1.165, 1.54) is 12.3 Å². The minimum absolute atomic E-state index is 0.262. The standard InChI is InChI=1S/C11H11N3O/c1-8(2)6-14-11(15)10-4-3-9(5-12)7-13-10/h3-4,7H,1,6H2,2H3,(H,14,15). The summed E-state index contributed by atoms with van der Waals surface area (Å²) in [5.74, 6) is -0.262. The fourth-order valence-corrected chi connectivity index (χ4v) is 0.916. The lowest BCUT2D eigenvalue weighted by atomic mass is 10.2. The van der Waals surface area contributed by atoms with Crippen molar-refractivity contribution in [3.05, 3.63) is 41.7 Å². The maximum absolute atomic E-state index is 11.5. The summed E-state index contributed by atoms with van der Waals surface area (Å²) in [6.07, 6.45) is 1.37. The van der Waals surface area contributed by atoms with E-state index in [0.29, 0.717) is 17.8 Å². The molecule has 1 aromatic rings. The van der Waals surface area contributed by atoms with Crippen LogP contribution in [0.1, 0.15) is 23.0 Å². The van der Waals surface area contributed by atoms with Gasteiger partial charge in [0.2, 0.25) is 0 Å². The van der Waals surface area contributed by atoms with Gasteiger partial charge in [-0.15, -0.1) is 0 Å². The van der Waals surface area contributed by atoms with E-state index in [1.807, 2.05) is 13.0 Å². The van der Waals surface area contributed by atoms with Gasteiger partial charge in [0.15, 0.2) is 0 Å². The largest absolute Gasteiger partial charge is 0.347 e. The number of hydrogen-bond acceptors (Lipinski definition) is 3. The minimum Gasteiger partial charge on any atom is -0.347 e.